The minimum absolute atomic E-state index is 0.277. The zero-order valence-electron chi connectivity index (χ0n) is 14.9. The Hall–Kier alpha value is -1.60. The van der Waals surface area contributed by atoms with E-state index in [1.807, 2.05) is 6.92 Å². The van der Waals surface area contributed by atoms with E-state index in [4.69, 9.17) is 0 Å². The maximum absolute atomic E-state index is 12.1. The summed E-state index contributed by atoms with van der Waals surface area (Å²) in [6, 6.07) is 8.37. The SMILES string of the molecule is CCNC(=NCC(CC)CC)NCCNS(=O)(=O)c1ccccc1. The van der Waals surface area contributed by atoms with Crippen LogP contribution in [0.15, 0.2) is 40.2 Å². The Bertz CT molecular complexity index is 584. The number of guanidine groups is 1. The quantitative estimate of drug-likeness (QED) is 0.341. The first-order valence-corrected chi connectivity index (χ1v) is 10.1. The van der Waals surface area contributed by atoms with Gasteiger partial charge in [-0.3, -0.25) is 4.99 Å². The van der Waals surface area contributed by atoms with E-state index < -0.39 is 10.0 Å². The van der Waals surface area contributed by atoms with Gasteiger partial charge in [-0.05, 0) is 25.0 Å². The van der Waals surface area contributed by atoms with Gasteiger partial charge in [-0.15, -0.1) is 0 Å². The summed E-state index contributed by atoms with van der Waals surface area (Å²) in [6.45, 7) is 8.66. The molecule has 0 aliphatic heterocycles. The minimum atomic E-state index is -3.45. The lowest BCUT2D eigenvalue weighted by Crippen LogP contribution is -2.41. The summed E-state index contributed by atoms with van der Waals surface area (Å²) in [5.41, 5.74) is 0. The standard InChI is InChI=1S/C17H30N4O2S/c1-4-15(5-2)14-20-17(18-6-3)19-12-13-21-24(22,23)16-10-8-7-9-11-16/h7-11,15,21H,4-6,12-14H2,1-3H3,(H2,18,19,20). The van der Waals surface area contributed by atoms with Crippen LogP contribution in [0.1, 0.15) is 33.6 Å². The third kappa shape index (κ3) is 7.31. The lowest BCUT2D eigenvalue weighted by Gasteiger charge is -2.14. The molecule has 0 spiro atoms. The predicted molar refractivity (Wildman–Crippen MR) is 99.7 cm³/mol. The Kier molecular flexibility index (Phi) is 9.41. The van der Waals surface area contributed by atoms with Crippen molar-refractivity contribution in [3.63, 3.8) is 0 Å². The van der Waals surface area contributed by atoms with Crippen molar-refractivity contribution in [1.82, 2.24) is 15.4 Å². The molecule has 3 N–H and O–H groups in total. The number of benzene rings is 1. The molecule has 0 aliphatic carbocycles. The maximum Gasteiger partial charge on any atom is 0.240 e. The van der Waals surface area contributed by atoms with Gasteiger partial charge >= 0.3 is 0 Å². The minimum Gasteiger partial charge on any atom is -0.357 e. The summed E-state index contributed by atoms with van der Waals surface area (Å²) in [4.78, 5) is 4.84. The third-order valence-corrected chi connectivity index (χ3v) is 5.25. The number of nitrogens with one attached hydrogen (secondary N) is 3. The number of aliphatic imine (C=N–C) groups is 1. The van der Waals surface area contributed by atoms with Gasteiger partial charge in [0.15, 0.2) is 5.96 Å². The van der Waals surface area contributed by atoms with Gasteiger partial charge in [-0.1, -0.05) is 44.9 Å². The monoisotopic (exact) mass is 354 g/mol. The molecule has 136 valence electrons. The summed E-state index contributed by atoms with van der Waals surface area (Å²) < 4.78 is 26.8. The number of hydrogen-bond acceptors (Lipinski definition) is 3. The molecule has 7 heteroatoms. The molecule has 0 unspecified atom stereocenters. The molecule has 0 fully saturated rings. The fourth-order valence-electron chi connectivity index (χ4n) is 2.16. The van der Waals surface area contributed by atoms with Crippen molar-refractivity contribution in [3.05, 3.63) is 30.3 Å². The fourth-order valence-corrected chi connectivity index (χ4v) is 3.21. The first-order valence-electron chi connectivity index (χ1n) is 8.60. The highest BCUT2D eigenvalue weighted by atomic mass is 32.2. The average Bonchev–Trinajstić information content (AvgIpc) is 2.60. The van der Waals surface area contributed by atoms with Gasteiger partial charge in [0.1, 0.15) is 0 Å². The normalized spacial score (nSPS) is 12.4. The van der Waals surface area contributed by atoms with E-state index in [-0.39, 0.29) is 4.90 Å². The lowest BCUT2D eigenvalue weighted by molar-refractivity contribution is 0.504. The van der Waals surface area contributed by atoms with Crippen LogP contribution in [0.3, 0.4) is 0 Å². The summed E-state index contributed by atoms with van der Waals surface area (Å²) in [6.07, 6.45) is 2.21. The van der Waals surface area contributed by atoms with Crippen LogP contribution in [0.5, 0.6) is 0 Å². The van der Waals surface area contributed by atoms with Gasteiger partial charge in [-0.25, -0.2) is 13.1 Å². The summed E-state index contributed by atoms with van der Waals surface area (Å²) in [5.74, 6) is 1.31. The topological polar surface area (TPSA) is 82.6 Å². The van der Waals surface area contributed by atoms with Crippen molar-refractivity contribution in [3.8, 4) is 0 Å². The van der Waals surface area contributed by atoms with Gasteiger partial charge in [0, 0.05) is 26.2 Å². The van der Waals surface area contributed by atoms with Gasteiger partial charge in [0.25, 0.3) is 0 Å². The molecule has 0 saturated carbocycles. The molecule has 6 nitrogen and oxygen atoms in total. The number of nitrogens with zero attached hydrogens (tertiary/aromatic N) is 1. The van der Waals surface area contributed by atoms with Crippen LogP contribution in [0, 0.1) is 5.92 Å². The molecule has 0 bridgehead atoms. The molecule has 1 aromatic carbocycles. The van der Waals surface area contributed by atoms with Gasteiger partial charge in [-0.2, -0.15) is 0 Å². The molecule has 0 radical (unpaired) electrons. The van der Waals surface area contributed by atoms with Gasteiger partial charge < -0.3 is 10.6 Å². The summed E-state index contributed by atoms with van der Waals surface area (Å²) >= 11 is 0. The zero-order chi connectivity index (χ0) is 17.8. The third-order valence-electron chi connectivity index (χ3n) is 3.77. The molecule has 1 rings (SSSR count). The van der Waals surface area contributed by atoms with Crippen LogP contribution in [0.4, 0.5) is 0 Å². The smallest absolute Gasteiger partial charge is 0.240 e. The lowest BCUT2D eigenvalue weighted by atomic mass is 10.0. The van der Waals surface area contributed by atoms with Crippen molar-refractivity contribution in [1.29, 1.82) is 0 Å². The molecule has 0 aromatic heterocycles. The van der Waals surface area contributed by atoms with E-state index in [0.29, 0.717) is 19.0 Å². The van der Waals surface area contributed by atoms with Crippen molar-refractivity contribution < 1.29 is 8.42 Å². The van der Waals surface area contributed by atoms with Crippen molar-refractivity contribution in [2.24, 2.45) is 10.9 Å². The van der Waals surface area contributed by atoms with Gasteiger partial charge in [0.2, 0.25) is 10.0 Å². The largest absolute Gasteiger partial charge is 0.357 e. The molecule has 0 atom stereocenters. The number of rotatable bonds is 10. The van der Waals surface area contributed by atoms with Crippen LogP contribution in [-0.4, -0.2) is 40.6 Å². The first kappa shape index (κ1) is 20.4. The second-order valence-electron chi connectivity index (χ2n) is 5.54. The van der Waals surface area contributed by atoms with Crippen LogP contribution >= 0.6 is 0 Å². The van der Waals surface area contributed by atoms with Crippen LogP contribution in [0.2, 0.25) is 0 Å². The molecular formula is C17H30N4O2S. The maximum atomic E-state index is 12.1. The highest BCUT2D eigenvalue weighted by molar-refractivity contribution is 7.89. The summed E-state index contributed by atoms with van der Waals surface area (Å²) in [7, 11) is -3.45. The molecule has 1 aromatic rings. The zero-order valence-corrected chi connectivity index (χ0v) is 15.7. The molecule has 0 amide bonds. The second kappa shape index (κ2) is 11.0. The van der Waals surface area contributed by atoms with Crippen LogP contribution in [0.25, 0.3) is 0 Å². The fraction of sp³-hybridized carbons (Fsp3) is 0.588. The van der Waals surface area contributed by atoms with E-state index in [0.717, 1.165) is 31.9 Å². The predicted octanol–water partition coefficient (Wildman–Crippen LogP) is 1.96. The van der Waals surface area contributed by atoms with Crippen molar-refractivity contribution in [2.75, 3.05) is 26.2 Å². The van der Waals surface area contributed by atoms with Crippen LogP contribution < -0.4 is 15.4 Å². The van der Waals surface area contributed by atoms with E-state index in [2.05, 4.69) is 34.2 Å². The van der Waals surface area contributed by atoms with E-state index in [9.17, 15) is 8.42 Å². The highest BCUT2D eigenvalue weighted by Gasteiger charge is 2.12. The van der Waals surface area contributed by atoms with Gasteiger partial charge in [0.05, 0.1) is 4.90 Å². The van der Waals surface area contributed by atoms with E-state index >= 15 is 0 Å². The average molecular weight is 355 g/mol. The molecule has 24 heavy (non-hydrogen) atoms. The molecule has 0 saturated heterocycles. The Labute approximate surface area is 146 Å². The Morgan fingerprint density at radius 3 is 2.29 bits per heavy atom. The number of sulfonamides is 1. The highest BCUT2D eigenvalue weighted by Crippen LogP contribution is 2.07. The molecular weight excluding hydrogens is 324 g/mol. The Morgan fingerprint density at radius 1 is 1.04 bits per heavy atom. The Balaban J connectivity index is 2.46. The first-order chi connectivity index (χ1) is 11.5. The van der Waals surface area contributed by atoms with E-state index in [1.54, 1.807) is 30.3 Å². The van der Waals surface area contributed by atoms with Crippen molar-refractivity contribution >= 4 is 16.0 Å². The van der Waals surface area contributed by atoms with Crippen molar-refractivity contribution in [2.45, 2.75) is 38.5 Å². The summed E-state index contributed by atoms with van der Waals surface area (Å²) in [5, 5.41) is 6.34. The Morgan fingerprint density at radius 2 is 1.71 bits per heavy atom. The second-order valence-corrected chi connectivity index (χ2v) is 7.31. The number of hydrogen-bond donors (Lipinski definition) is 3. The van der Waals surface area contributed by atoms with E-state index in [1.165, 1.54) is 0 Å². The molecule has 0 heterocycles. The van der Waals surface area contributed by atoms with Crippen LogP contribution in [-0.2, 0) is 10.0 Å². The molecule has 0 aliphatic rings.